The maximum absolute atomic E-state index is 11.8. The number of carbonyl (C=O) groups is 1. The molecule has 0 bridgehead atoms. The van der Waals surface area contributed by atoms with E-state index in [2.05, 4.69) is 6.07 Å². The van der Waals surface area contributed by atoms with Gasteiger partial charge in [-0.15, -0.1) is 0 Å². The molecule has 0 atom stereocenters. The van der Waals surface area contributed by atoms with Gasteiger partial charge in [0.1, 0.15) is 0 Å². The Balaban J connectivity index is 2.28. The van der Waals surface area contributed by atoms with Crippen molar-refractivity contribution in [2.24, 2.45) is 0 Å². The van der Waals surface area contributed by atoms with Gasteiger partial charge >= 0.3 is 0 Å². The largest absolute Gasteiger partial charge is 0.294 e. The molecule has 0 saturated carbocycles. The number of benzene rings is 2. The molecule has 2 aromatic carbocycles. The van der Waals surface area contributed by atoms with Gasteiger partial charge in [-0.05, 0) is 23.1 Å². The Labute approximate surface area is 99.9 Å². The highest BCUT2D eigenvalue weighted by Crippen LogP contribution is 2.17. The maximum Gasteiger partial charge on any atom is 0.163 e. The van der Waals surface area contributed by atoms with Gasteiger partial charge in [-0.3, -0.25) is 4.79 Å². The number of rotatable bonds is 4. The first-order valence-corrected chi connectivity index (χ1v) is 6.71. The third kappa shape index (κ3) is 2.45. The maximum atomic E-state index is 11.8. The molecule has 0 aromatic heterocycles. The van der Waals surface area contributed by atoms with E-state index in [0.29, 0.717) is 6.42 Å². The topological polar surface area (TPSA) is 17.1 Å². The predicted octanol–water partition coefficient (Wildman–Crippen LogP) is 3.78. The lowest BCUT2D eigenvalue weighted by atomic mass is 10.0. The van der Waals surface area contributed by atoms with E-state index in [1.165, 1.54) is 5.39 Å². The Morgan fingerprint density at radius 3 is 2.62 bits per heavy atom. The molecule has 1 nitrogen and oxygen atoms in total. The number of thioether (sulfide) groups is 1. The van der Waals surface area contributed by atoms with Crippen LogP contribution in [0.1, 0.15) is 16.8 Å². The van der Waals surface area contributed by atoms with Crippen LogP contribution in [0.5, 0.6) is 0 Å². The van der Waals surface area contributed by atoms with Crippen molar-refractivity contribution in [1.29, 1.82) is 0 Å². The van der Waals surface area contributed by atoms with Gasteiger partial charge in [0.15, 0.2) is 5.78 Å². The Morgan fingerprint density at radius 2 is 1.88 bits per heavy atom. The van der Waals surface area contributed by atoms with E-state index in [4.69, 9.17) is 0 Å². The van der Waals surface area contributed by atoms with Gasteiger partial charge in [-0.2, -0.15) is 11.8 Å². The van der Waals surface area contributed by atoms with Crippen LogP contribution in [-0.2, 0) is 0 Å². The standard InChI is InChI=1S/C14H14OS/c1-16-9-8-14(15)13-7-6-11-4-2-3-5-12(11)10-13/h2-7,10H,8-9H2,1H3. The third-order valence-corrected chi connectivity index (χ3v) is 3.22. The third-order valence-electron chi connectivity index (χ3n) is 2.60. The van der Waals surface area contributed by atoms with E-state index in [9.17, 15) is 4.79 Å². The van der Waals surface area contributed by atoms with Crippen molar-refractivity contribution >= 4 is 28.3 Å². The molecule has 16 heavy (non-hydrogen) atoms. The Hall–Kier alpha value is -1.28. The van der Waals surface area contributed by atoms with Crippen LogP contribution in [0.3, 0.4) is 0 Å². The monoisotopic (exact) mass is 230 g/mol. The van der Waals surface area contributed by atoms with Gasteiger partial charge in [0.05, 0.1) is 0 Å². The number of fused-ring (bicyclic) bond motifs is 1. The molecule has 2 rings (SSSR count). The summed E-state index contributed by atoms with van der Waals surface area (Å²) in [6.45, 7) is 0. The Morgan fingerprint density at radius 1 is 1.12 bits per heavy atom. The summed E-state index contributed by atoms with van der Waals surface area (Å²) in [5.74, 6) is 1.13. The minimum Gasteiger partial charge on any atom is -0.294 e. The van der Waals surface area contributed by atoms with Crippen LogP contribution < -0.4 is 0 Å². The molecule has 2 aromatic rings. The molecule has 0 N–H and O–H groups in total. The van der Waals surface area contributed by atoms with Crippen LogP contribution in [0.25, 0.3) is 10.8 Å². The summed E-state index contributed by atoms with van der Waals surface area (Å²) in [5.41, 5.74) is 0.827. The van der Waals surface area contributed by atoms with E-state index < -0.39 is 0 Å². The van der Waals surface area contributed by atoms with Crippen molar-refractivity contribution in [3.05, 3.63) is 48.0 Å². The van der Waals surface area contributed by atoms with Gasteiger partial charge in [0.2, 0.25) is 0 Å². The Bertz CT molecular complexity index is 505. The fourth-order valence-electron chi connectivity index (χ4n) is 1.70. The molecule has 2 heteroatoms. The minimum atomic E-state index is 0.236. The molecule has 0 aliphatic carbocycles. The van der Waals surface area contributed by atoms with E-state index in [1.807, 2.05) is 42.7 Å². The van der Waals surface area contributed by atoms with Crippen molar-refractivity contribution in [2.45, 2.75) is 6.42 Å². The summed E-state index contributed by atoms with van der Waals surface area (Å²) in [4.78, 5) is 11.8. The highest BCUT2D eigenvalue weighted by atomic mass is 32.2. The zero-order valence-corrected chi connectivity index (χ0v) is 10.1. The number of carbonyl (C=O) groups excluding carboxylic acids is 1. The lowest BCUT2D eigenvalue weighted by molar-refractivity contribution is 0.0989. The van der Waals surface area contributed by atoms with Crippen molar-refractivity contribution in [1.82, 2.24) is 0 Å². The normalized spacial score (nSPS) is 10.6. The molecule has 0 saturated heterocycles. The van der Waals surface area contributed by atoms with Gasteiger partial charge < -0.3 is 0 Å². The quantitative estimate of drug-likeness (QED) is 0.744. The van der Waals surface area contributed by atoms with Gasteiger partial charge in [-0.25, -0.2) is 0 Å². The lowest BCUT2D eigenvalue weighted by Crippen LogP contribution is -2.00. The van der Waals surface area contributed by atoms with E-state index in [-0.39, 0.29) is 5.78 Å². The predicted molar refractivity (Wildman–Crippen MR) is 71.3 cm³/mol. The minimum absolute atomic E-state index is 0.236. The molecule has 0 unspecified atom stereocenters. The van der Waals surface area contributed by atoms with Gasteiger partial charge in [0.25, 0.3) is 0 Å². The van der Waals surface area contributed by atoms with Gasteiger partial charge in [-0.1, -0.05) is 36.4 Å². The van der Waals surface area contributed by atoms with E-state index in [0.717, 1.165) is 16.7 Å². The highest BCUT2D eigenvalue weighted by molar-refractivity contribution is 7.98. The fourth-order valence-corrected chi connectivity index (χ4v) is 2.09. The summed E-state index contributed by atoms with van der Waals surface area (Å²) in [6, 6.07) is 14.0. The van der Waals surface area contributed by atoms with Crippen LogP contribution >= 0.6 is 11.8 Å². The van der Waals surface area contributed by atoms with Crippen molar-refractivity contribution in [3.8, 4) is 0 Å². The average Bonchev–Trinajstić information content (AvgIpc) is 2.35. The molecule has 82 valence electrons. The zero-order valence-electron chi connectivity index (χ0n) is 9.27. The first-order chi connectivity index (χ1) is 7.81. The molecule has 0 aliphatic rings. The summed E-state index contributed by atoms with van der Waals surface area (Å²) in [5, 5.41) is 2.32. The molecule has 0 radical (unpaired) electrons. The molecule has 0 amide bonds. The molecular formula is C14H14OS. The molecule has 0 heterocycles. The number of hydrogen-bond donors (Lipinski definition) is 0. The van der Waals surface area contributed by atoms with Crippen LogP contribution in [-0.4, -0.2) is 17.8 Å². The van der Waals surface area contributed by atoms with Crippen LogP contribution in [0.4, 0.5) is 0 Å². The lowest BCUT2D eigenvalue weighted by Gasteiger charge is -2.02. The first kappa shape index (κ1) is 11.2. The smallest absolute Gasteiger partial charge is 0.163 e. The number of ketones is 1. The second kappa shape index (κ2) is 5.17. The first-order valence-electron chi connectivity index (χ1n) is 5.32. The summed E-state index contributed by atoms with van der Waals surface area (Å²) in [7, 11) is 0. The van der Waals surface area contributed by atoms with Crippen LogP contribution in [0, 0.1) is 0 Å². The zero-order chi connectivity index (χ0) is 11.4. The van der Waals surface area contributed by atoms with E-state index in [1.54, 1.807) is 11.8 Å². The summed E-state index contributed by atoms with van der Waals surface area (Å²) in [6.07, 6.45) is 2.65. The van der Waals surface area contributed by atoms with Crippen LogP contribution in [0.2, 0.25) is 0 Å². The van der Waals surface area contributed by atoms with Crippen molar-refractivity contribution in [3.63, 3.8) is 0 Å². The molecule has 0 fully saturated rings. The van der Waals surface area contributed by atoms with Crippen LogP contribution in [0.15, 0.2) is 42.5 Å². The fraction of sp³-hybridized carbons (Fsp3) is 0.214. The second-order valence-electron chi connectivity index (χ2n) is 3.73. The summed E-state index contributed by atoms with van der Waals surface area (Å²) >= 11 is 1.71. The van der Waals surface area contributed by atoms with Crippen molar-refractivity contribution in [2.75, 3.05) is 12.0 Å². The van der Waals surface area contributed by atoms with Crippen molar-refractivity contribution < 1.29 is 4.79 Å². The second-order valence-corrected chi connectivity index (χ2v) is 4.71. The molecular weight excluding hydrogens is 216 g/mol. The van der Waals surface area contributed by atoms with Gasteiger partial charge in [0, 0.05) is 17.7 Å². The highest BCUT2D eigenvalue weighted by Gasteiger charge is 2.05. The molecule has 0 spiro atoms. The number of Topliss-reactive ketones (excluding diaryl/α,β-unsaturated/α-hetero) is 1. The Kier molecular flexibility index (Phi) is 3.62. The van der Waals surface area contributed by atoms with E-state index >= 15 is 0 Å². The summed E-state index contributed by atoms with van der Waals surface area (Å²) < 4.78 is 0. The number of hydrogen-bond acceptors (Lipinski definition) is 2. The molecule has 0 aliphatic heterocycles. The SMILES string of the molecule is CSCCC(=O)c1ccc2ccccc2c1. The average molecular weight is 230 g/mol.